The summed E-state index contributed by atoms with van der Waals surface area (Å²) in [5.74, 6) is -2.41. The number of carbonyl (C=O) groups excluding carboxylic acids is 1. The molecule has 34 heavy (non-hydrogen) atoms. The lowest BCUT2D eigenvalue weighted by molar-refractivity contribution is 0.0688. The maximum absolute atomic E-state index is 15.1. The number of nitrogens with one attached hydrogen (secondary N) is 1. The monoisotopic (exact) mass is 502 g/mol. The number of thioether (sulfide) groups is 1. The van der Waals surface area contributed by atoms with Crippen molar-refractivity contribution < 1.29 is 19.1 Å². The van der Waals surface area contributed by atoms with Crippen molar-refractivity contribution in [1.82, 2.24) is 14.5 Å². The first-order valence-corrected chi connectivity index (χ1v) is 12.1. The van der Waals surface area contributed by atoms with Gasteiger partial charge in [-0.15, -0.1) is 11.3 Å². The molecule has 0 radical (unpaired) electrons. The largest absolute Gasteiger partial charge is 0.477 e. The lowest BCUT2D eigenvalue weighted by atomic mass is 10.1. The standard InChI is InChI=1S/C21H19FN6O4S2/c1-9-28-13-7-14(11(22)6-10(13)16(29)15(21(31)32)20(28)34-9)26-2-4-27(5-3-26)19(30)12-8-33-18(25-12)17(23)24/h6-9H,2-5H2,1H3,(H3,23,24)(H,31,32). The summed E-state index contributed by atoms with van der Waals surface area (Å²) in [6, 6.07) is 2.70. The predicted molar refractivity (Wildman–Crippen MR) is 127 cm³/mol. The molecule has 176 valence electrons. The van der Waals surface area contributed by atoms with E-state index in [0.29, 0.717) is 42.4 Å². The SMILES string of the molecule is CC1Sc2c(C(=O)O)c(=O)c3cc(F)c(N4CCN(C(=O)c5csc(C(=N)N)n5)CC4)cc3n21. The summed E-state index contributed by atoms with van der Waals surface area (Å²) in [6.45, 7) is 3.30. The van der Waals surface area contributed by atoms with Crippen molar-refractivity contribution in [3.05, 3.63) is 49.8 Å². The Hall–Kier alpha value is -3.45. The van der Waals surface area contributed by atoms with Crippen molar-refractivity contribution in [2.75, 3.05) is 31.1 Å². The molecule has 3 aromatic rings. The van der Waals surface area contributed by atoms with Crippen LogP contribution >= 0.6 is 23.1 Å². The number of carboxylic acids is 1. The molecule has 10 nitrogen and oxygen atoms in total. The maximum Gasteiger partial charge on any atom is 0.342 e. The second kappa shape index (κ2) is 8.09. The van der Waals surface area contributed by atoms with Gasteiger partial charge in [0.2, 0.25) is 5.43 Å². The number of piperazine rings is 1. The van der Waals surface area contributed by atoms with E-state index in [0.717, 1.165) is 17.4 Å². The maximum atomic E-state index is 15.1. The van der Waals surface area contributed by atoms with E-state index in [9.17, 15) is 19.5 Å². The second-order valence-electron chi connectivity index (χ2n) is 7.95. The topological polar surface area (TPSA) is 146 Å². The van der Waals surface area contributed by atoms with Crippen LogP contribution in [0.3, 0.4) is 0 Å². The summed E-state index contributed by atoms with van der Waals surface area (Å²) < 4.78 is 16.9. The van der Waals surface area contributed by atoms with Crippen LogP contribution in [0, 0.1) is 11.2 Å². The first-order valence-electron chi connectivity index (χ1n) is 10.3. The molecule has 1 amide bonds. The molecule has 2 aliphatic rings. The van der Waals surface area contributed by atoms with Gasteiger partial charge in [-0.3, -0.25) is 15.0 Å². The Balaban J connectivity index is 1.42. The number of anilines is 1. The molecule has 1 aromatic carbocycles. The van der Waals surface area contributed by atoms with E-state index >= 15 is 4.39 Å². The van der Waals surface area contributed by atoms with E-state index in [1.54, 1.807) is 25.8 Å². The van der Waals surface area contributed by atoms with Gasteiger partial charge >= 0.3 is 5.97 Å². The van der Waals surface area contributed by atoms with Crippen molar-refractivity contribution in [1.29, 1.82) is 5.41 Å². The Morgan fingerprint density at radius 3 is 2.56 bits per heavy atom. The molecule has 0 saturated carbocycles. The molecule has 2 aliphatic heterocycles. The van der Waals surface area contributed by atoms with Crippen LogP contribution in [0.15, 0.2) is 27.3 Å². The minimum atomic E-state index is -1.32. The smallest absolute Gasteiger partial charge is 0.342 e. The molecule has 1 saturated heterocycles. The molecule has 0 bridgehead atoms. The van der Waals surface area contributed by atoms with E-state index < -0.39 is 17.2 Å². The highest BCUT2D eigenvalue weighted by Gasteiger charge is 2.34. The van der Waals surface area contributed by atoms with Crippen LogP contribution < -0.4 is 16.1 Å². The molecule has 2 aromatic heterocycles. The number of thiazole rings is 1. The third kappa shape index (κ3) is 3.42. The minimum Gasteiger partial charge on any atom is -0.477 e. The van der Waals surface area contributed by atoms with E-state index in [-0.39, 0.29) is 38.8 Å². The first-order chi connectivity index (χ1) is 16.2. The summed E-state index contributed by atoms with van der Waals surface area (Å²) in [5, 5.41) is 19.1. The fourth-order valence-electron chi connectivity index (χ4n) is 4.27. The number of rotatable bonds is 4. The molecule has 1 fully saturated rings. The second-order valence-corrected chi connectivity index (χ2v) is 10.1. The molecular formula is C21H19FN6O4S2. The fourth-order valence-corrected chi connectivity index (χ4v) is 6.08. The molecule has 5 rings (SSSR count). The van der Waals surface area contributed by atoms with Gasteiger partial charge in [0.15, 0.2) is 10.8 Å². The number of halogens is 1. The summed E-state index contributed by atoms with van der Waals surface area (Å²) in [6.07, 6.45) is 0. The lowest BCUT2D eigenvalue weighted by Gasteiger charge is -2.37. The zero-order chi connectivity index (χ0) is 24.3. The molecule has 1 unspecified atom stereocenters. The van der Waals surface area contributed by atoms with Gasteiger partial charge in [0.1, 0.15) is 17.1 Å². The Kier molecular flexibility index (Phi) is 5.32. The number of hydrogen-bond acceptors (Lipinski definition) is 8. The Morgan fingerprint density at radius 1 is 1.26 bits per heavy atom. The number of aromatic nitrogens is 2. The number of carboxylic acid groups (broad SMARTS) is 1. The van der Waals surface area contributed by atoms with Gasteiger partial charge < -0.3 is 25.2 Å². The van der Waals surface area contributed by atoms with Gasteiger partial charge in [0.05, 0.1) is 21.6 Å². The number of fused-ring (bicyclic) bond motifs is 3. The Morgan fingerprint density at radius 2 is 1.97 bits per heavy atom. The summed E-state index contributed by atoms with van der Waals surface area (Å²) in [5.41, 5.74) is 5.41. The minimum absolute atomic E-state index is 0.0353. The first kappa shape index (κ1) is 22.3. The molecule has 4 heterocycles. The summed E-state index contributed by atoms with van der Waals surface area (Å²) in [7, 11) is 0. The molecule has 4 N–H and O–H groups in total. The van der Waals surface area contributed by atoms with Crippen LogP contribution in [0.4, 0.5) is 10.1 Å². The zero-order valence-electron chi connectivity index (χ0n) is 17.9. The summed E-state index contributed by atoms with van der Waals surface area (Å²) >= 11 is 2.42. The van der Waals surface area contributed by atoms with Gasteiger partial charge in [-0.25, -0.2) is 14.2 Å². The van der Waals surface area contributed by atoms with Gasteiger partial charge in [-0.2, -0.15) is 0 Å². The predicted octanol–water partition coefficient (Wildman–Crippen LogP) is 2.17. The quantitative estimate of drug-likeness (QED) is 0.363. The average molecular weight is 503 g/mol. The third-order valence-corrected chi connectivity index (χ3v) is 8.00. The number of amidine groups is 1. The van der Waals surface area contributed by atoms with E-state index in [4.69, 9.17) is 11.1 Å². The van der Waals surface area contributed by atoms with Gasteiger partial charge in [-0.1, -0.05) is 11.8 Å². The number of nitrogens with two attached hydrogens (primary N) is 1. The van der Waals surface area contributed by atoms with Crippen LogP contribution in [0.25, 0.3) is 10.9 Å². The van der Waals surface area contributed by atoms with Crippen molar-refractivity contribution in [3.8, 4) is 0 Å². The number of nitrogen functional groups attached to an aromatic ring is 1. The molecule has 0 aliphatic carbocycles. The number of aromatic carboxylic acids is 1. The highest BCUT2D eigenvalue weighted by Crippen LogP contribution is 2.46. The highest BCUT2D eigenvalue weighted by atomic mass is 32.2. The summed E-state index contributed by atoms with van der Waals surface area (Å²) in [4.78, 5) is 44.6. The zero-order valence-corrected chi connectivity index (χ0v) is 19.5. The Bertz CT molecular complexity index is 1440. The third-order valence-electron chi connectivity index (χ3n) is 5.95. The number of pyridine rings is 1. The number of carbonyl (C=O) groups is 2. The van der Waals surface area contributed by atoms with Crippen LogP contribution in [0.2, 0.25) is 0 Å². The molecule has 13 heteroatoms. The van der Waals surface area contributed by atoms with E-state index in [2.05, 4.69) is 4.98 Å². The van der Waals surface area contributed by atoms with Crippen molar-refractivity contribution in [2.24, 2.45) is 5.73 Å². The number of benzene rings is 1. The van der Waals surface area contributed by atoms with Crippen LogP contribution in [0.1, 0.15) is 38.2 Å². The van der Waals surface area contributed by atoms with Gasteiger partial charge in [0.25, 0.3) is 5.91 Å². The van der Waals surface area contributed by atoms with Crippen LogP contribution in [-0.2, 0) is 0 Å². The fraction of sp³-hybridized carbons (Fsp3) is 0.286. The van der Waals surface area contributed by atoms with Crippen molar-refractivity contribution in [3.63, 3.8) is 0 Å². The van der Waals surface area contributed by atoms with Crippen molar-refractivity contribution >= 4 is 57.4 Å². The number of nitrogens with zero attached hydrogens (tertiary/aromatic N) is 4. The normalized spacial score (nSPS) is 17.4. The van der Waals surface area contributed by atoms with Gasteiger partial charge in [0, 0.05) is 36.9 Å². The highest BCUT2D eigenvalue weighted by molar-refractivity contribution is 8.00. The lowest BCUT2D eigenvalue weighted by Crippen LogP contribution is -2.49. The van der Waals surface area contributed by atoms with Crippen LogP contribution in [-0.4, -0.2) is 63.4 Å². The number of hydrogen-bond donors (Lipinski definition) is 3. The van der Waals surface area contributed by atoms with Gasteiger partial charge in [-0.05, 0) is 19.1 Å². The van der Waals surface area contributed by atoms with E-state index in [1.807, 2.05) is 6.92 Å². The van der Waals surface area contributed by atoms with Crippen LogP contribution in [0.5, 0.6) is 0 Å². The molecular weight excluding hydrogens is 483 g/mol. The molecule has 0 spiro atoms. The van der Waals surface area contributed by atoms with E-state index in [1.165, 1.54) is 11.8 Å². The molecule has 1 atom stereocenters. The Labute approximate surface area is 200 Å². The number of amides is 1. The van der Waals surface area contributed by atoms with Crippen molar-refractivity contribution in [2.45, 2.75) is 17.3 Å². The average Bonchev–Trinajstić information content (AvgIpc) is 3.29.